The lowest BCUT2D eigenvalue weighted by Crippen LogP contribution is -2.36. The molecule has 0 spiro atoms. The highest BCUT2D eigenvalue weighted by molar-refractivity contribution is 9.10. The molecule has 1 aromatic heterocycles. The summed E-state index contributed by atoms with van der Waals surface area (Å²) >= 11 is 4.16. The summed E-state index contributed by atoms with van der Waals surface area (Å²) in [6, 6.07) is 0. The van der Waals surface area contributed by atoms with Crippen LogP contribution in [0.15, 0.2) is 9.98 Å². The minimum atomic E-state index is -4.30. The van der Waals surface area contributed by atoms with Crippen molar-refractivity contribution in [1.82, 2.24) is 4.98 Å². The van der Waals surface area contributed by atoms with Gasteiger partial charge in [0.25, 0.3) is 0 Å². The molecule has 0 radical (unpaired) electrons. The van der Waals surface area contributed by atoms with Crippen molar-refractivity contribution in [3.63, 3.8) is 0 Å². The van der Waals surface area contributed by atoms with Crippen molar-refractivity contribution in [2.45, 2.75) is 6.18 Å². The highest BCUT2D eigenvalue weighted by Crippen LogP contribution is 2.26. The maximum absolute atomic E-state index is 12.2. The van der Waals surface area contributed by atoms with E-state index in [0.717, 1.165) is 16.2 Å². The van der Waals surface area contributed by atoms with Crippen molar-refractivity contribution in [1.29, 1.82) is 0 Å². The lowest BCUT2D eigenvalue weighted by atomic mass is 10.5. The fourth-order valence-electron chi connectivity index (χ4n) is 0.970. The molecule has 0 bridgehead atoms. The first-order chi connectivity index (χ1) is 6.92. The molecule has 1 heterocycles. The number of nitrogens with zero attached hydrogens (tertiary/aromatic N) is 2. The average Bonchev–Trinajstić information content (AvgIpc) is 2.48. The normalized spacial score (nSPS) is 11.8. The van der Waals surface area contributed by atoms with Gasteiger partial charge in [-0.3, -0.25) is 0 Å². The number of aliphatic hydroxyl groups is 1. The molecule has 1 aromatic rings. The van der Waals surface area contributed by atoms with Gasteiger partial charge in [-0.15, -0.1) is 11.3 Å². The van der Waals surface area contributed by atoms with E-state index in [0.29, 0.717) is 4.60 Å². The summed E-state index contributed by atoms with van der Waals surface area (Å²) in [6.45, 7) is -1.53. The number of hydrogen-bond donors (Lipinski definition) is 1. The van der Waals surface area contributed by atoms with Gasteiger partial charge < -0.3 is 10.0 Å². The molecular formula is C7H8BrF3N2OS. The van der Waals surface area contributed by atoms with Gasteiger partial charge in [0.15, 0.2) is 5.13 Å². The Kier molecular flexibility index (Phi) is 4.35. The molecule has 0 aliphatic carbocycles. The lowest BCUT2D eigenvalue weighted by molar-refractivity contribution is -0.119. The summed E-state index contributed by atoms with van der Waals surface area (Å²) in [6.07, 6.45) is -4.30. The summed E-state index contributed by atoms with van der Waals surface area (Å²) in [4.78, 5) is 4.86. The van der Waals surface area contributed by atoms with Gasteiger partial charge in [0.05, 0.1) is 6.61 Å². The van der Waals surface area contributed by atoms with Crippen LogP contribution in [0.3, 0.4) is 0 Å². The summed E-state index contributed by atoms with van der Waals surface area (Å²) in [5.74, 6) is 0. The summed E-state index contributed by atoms with van der Waals surface area (Å²) < 4.78 is 37.0. The third-order valence-electron chi connectivity index (χ3n) is 1.47. The SMILES string of the molecule is OCCN(CC(F)(F)F)c1nc(Br)cs1. The molecule has 15 heavy (non-hydrogen) atoms. The Morgan fingerprint density at radius 2 is 2.20 bits per heavy atom. The van der Waals surface area contributed by atoms with Gasteiger partial charge in [0, 0.05) is 11.9 Å². The second kappa shape index (κ2) is 5.13. The molecular weight excluding hydrogens is 297 g/mol. The molecule has 0 unspecified atom stereocenters. The predicted molar refractivity (Wildman–Crippen MR) is 55.2 cm³/mol. The number of anilines is 1. The van der Waals surface area contributed by atoms with E-state index in [2.05, 4.69) is 20.9 Å². The van der Waals surface area contributed by atoms with E-state index in [9.17, 15) is 13.2 Å². The third-order valence-corrected chi connectivity index (χ3v) is 3.09. The van der Waals surface area contributed by atoms with Gasteiger partial charge in [-0.1, -0.05) is 0 Å². The van der Waals surface area contributed by atoms with Crippen LogP contribution in [-0.4, -0.2) is 36.0 Å². The number of alkyl halides is 3. The van der Waals surface area contributed by atoms with Crippen LogP contribution in [0.25, 0.3) is 0 Å². The summed E-state index contributed by atoms with van der Waals surface area (Å²) in [7, 11) is 0. The van der Waals surface area contributed by atoms with E-state index in [1.165, 1.54) is 0 Å². The standard InChI is InChI=1S/C7H8BrF3N2OS/c8-5-3-15-6(12-5)13(1-2-14)4-7(9,10)11/h3,14H,1-2,4H2. The molecule has 8 heteroatoms. The second-order valence-corrected chi connectivity index (χ2v) is 4.36. The van der Waals surface area contributed by atoms with Crippen molar-refractivity contribution in [2.24, 2.45) is 0 Å². The lowest BCUT2D eigenvalue weighted by Gasteiger charge is -2.21. The second-order valence-electron chi connectivity index (χ2n) is 2.71. The third kappa shape index (κ3) is 4.35. The molecule has 0 fully saturated rings. The fraction of sp³-hybridized carbons (Fsp3) is 0.571. The Morgan fingerprint density at radius 3 is 2.60 bits per heavy atom. The molecule has 0 atom stereocenters. The van der Waals surface area contributed by atoms with Crippen LogP contribution in [0.1, 0.15) is 0 Å². The largest absolute Gasteiger partial charge is 0.406 e. The maximum atomic E-state index is 12.2. The molecule has 0 aliphatic heterocycles. The minimum Gasteiger partial charge on any atom is -0.395 e. The minimum absolute atomic E-state index is 0.0839. The van der Waals surface area contributed by atoms with Gasteiger partial charge in [-0.2, -0.15) is 13.2 Å². The number of halogens is 4. The highest BCUT2D eigenvalue weighted by Gasteiger charge is 2.31. The zero-order valence-electron chi connectivity index (χ0n) is 7.46. The van der Waals surface area contributed by atoms with Crippen LogP contribution in [0.4, 0.5) is 18.3 Å². The van der Waals surface area contributed by atoms with Gasteiger partial charge in [0.1, 0.15) is 11.1 Å². The first-order valence-electron chi connectivity index (χ1n) is 3.96. The van der Waals surface area contributed by atoms with Crippen molar-refractivity contribution in [3.05, 3.63) is 9.98 Å². The Morgan fingerprint density at radius 1 is 1.53 bits per heavy atom. The van der Waals surface area contributed by atoms with Crippen LogP contribution >= 0.6 is 27.3 Å². The van der Waals surface area contributed by atoms with Crippen LogP contribution in [0.2, 0.25) is 0 Å². The Hall–Kier alpha value is -0.340. The van der Waals surface area contributed by atoms with Gasteiger partial charge in [-0.05, 0) is 15.9 Å². The van der Waals surface area contributed by atoms with Crippen LogP contribution < -0.4 is 4.90 Å². The highest BCUT2D eigenvalue weighted by atomic mass is 79.9. The summed E-state index contributed by atoms with van der Waals surface area (Å²) in [5.41, 5.74) is 0. The number of aliphatic hydroxyl groups excluding tert-OH is 1. The van der Waals surface area contributed by atoms with Gasteiger partial charge in [-0.25, -0.2) is 4.98 Å². The quantitative estimate of drug-likeness (QED) is 0.927. The zero-order valence-corrected chi connectivity index (χ0v) is 9.86. The number of thiazole rings is 1. The van der Waals surface area contributed by atoms with Crippen molar-refractivity contribution >= 4 is 32.4 Å². The van der Waals surface area contributed by atoms with Crippen molar-refractivity contribution < 1.29 is 18.3 Å². The Balaban J connectivity index is 2.74. The molecule has 0 saturated heterocycles. The molecule has 86 valence electrons. The number of hydrogen-bond acceptors (Lipinski definition) is 4. The molecule has 0 aliphatic rings. The smallest absolute Gasteiger partial charge is 0.395 e. The van der Waals surface area contributed by atoms with Crippen LogP contribution in [-0.2, 0) is 0 Å². The topological polar surface area (TPSA) is 36.4 Å². The predicted octanol–water partition coefficient (Wildman–Crippen LogP) is 2.27. The van der Waals surface area contributed by atoms with E-state index >= 15 is 0 Å². The molecule has 0 saturated carbocycles. The van der Waals surface area contributed by atoms with Crippen LogP contribution in [0, 0.1) is 0 Å². The molecule has 1 N–H and O–H groups in total. The molecule has 3 nitrogen and oxygen atoms in total. The number of aromatic nitrogens is 1. The van der Waals surface area contributed by atoms with Crippen LogP contribution in [0.5, 0.6) is 0 Å². The Labute approximate surface area is 96.7 Å². The first kappa shape index (κ1) is 12.7. The summed E-state index contributed by atoms with van der Waals surface area (Å²) in [5, 5.41) is 10.5. The van der Waals surface area contributed by atoms with E-state index < -0.39 is 12.7 Å². The average molecular weight is 305 g/mol. The van der Waals surface area contributed by atoms with Gasteiger partial charge in [0.2, 0.25) is 0 Å². The zero-order chi connectivity index (χ0) is 11.5. The maximum Gasteiger partial charge on any atom is 0.406 e. The van der Waals surface area contributed by atoms with E-state index in [-0.39, 0.29) is 18.3 Å². The molecule has 1 rings (SSSR count). The Bertz CT molecular complexity index is 317. The monoisotopic (exact) mass is 304 g/mol. The van der Waals surface area contributed by atoms with E-state index in [1.807, 2.05) is 0 Å². The molecule has 0 amide bonds. The number of rotatable bonds is 4. The first-order valence-corrected chi connectivity index (χ1v) is 5.63. The van der Waals surface area contributed by atoms with E-state index in [1.54, 1.807) is 5.38 Å². The van der Waals surface area contributed by atoms with E-state index in [4.69, 9.17) is 5.11 Å². The van der Waals surface area contributed by atoms with Crippen molar-refractivity contribution in [2.75, 3.05) is 24.6 Å². The van der Waals surface area contributed by atoms with Crippen molar-refractivity contribution in [3.8, 4) is 0 Å². The molecule has 0 aromatic carbocycles. The fourth-order valence-corrected chi connectivity index (χ4v) is 2.25. The van der Waals surface area contributed by atoms with Gasteiger partial charge >= 0.3 is 6.18 Å².